The lowest BCUT2D eigenvalue weighted by atomic mass is 10.1. The maximum Gasteiger partial charge on any atom is 0.161 e. The zero-order chi connectivity index (χ0) is 13.8. The van der Waals surface area contributed by atoms with Gasteiger partial charge in [-0.15, -0.1) is 0 Å². The van der Waals surface area contributed by atoms with Gasteiger partial charge in [-0.1, -0.05) is 0 Å². The standard InChI is InChI=1S/C14H20N4O/c1-5-18-14(12(19-4)9-17-18)13(15-3)11-8-10(2)6-7-16-11/h6-9,13,15H,5H2,1-4H3. The Morgan fingerprint density at radius 2 is 2.26 bits per heavy atom. The van der Waals surface area contributed by atoms with Crippen LogP contribution in [0.3, 0.4) is 0 Å². The maximum atomic E-state index is 5.41. The fourth-order valence-corrected chi connectivity index (χ4v) is 2.22. The molecular weight excluding hydrogens is 240 g/mol. The van der Waals surface area contributed by atoms with Crippen LogP contribution >= 0.6 is 0 Å². The Labute approximate surface area is 113 Å². The molecule has 5 nitrogen and oxygen atoms in total. The molecule has 0 aromatic carbocycles. The largest absolute Gasteiger partial charge is 0.493 e. The van der Waals surface area contributed by atoms with Gasteiger partial charge in [0.2, 0.25) is 0 Å². The Kier molecular flexibility index (Phi) is 4.16. The number of hydrogen-bond donors (Lipinski definition) is 1. The van der Waals surface area contributed by atoms with E-state index in [0.29, 0.717) is 0 Å². The van der Waals surface area contributed by atoms with Gasteiger partial charge < -0.3 is 10.1 Å². The number of nitrogens with one attached hydrogen (secondary N) is 1. The molecule has 1 N–H and O–H groups in total. The first kappa shape index (κ1) is 13.5. The Bertz CT molecular complexity index is 529. The van der Waals surface area contributed by atoms with Gasteiger partial charge in [-0.3, -0.25) is 9.67 Å². The number of pyridine rings is 1. The van der Waals surface area contributed by atoms with Crippen LogP contribution in [0.2, 0.25) is 0 Å². The minimum atomic E-state index is -0.0303. The van der Waals surface area contributed by atoms with Crippen LogP contribution in [0.15, 0.2) is 24.5 Å². The van der Waals surface area contributed by atoms with Gasteiger partial charge in [-0.05, 0) is 38.6 Å². The summed E-state index contributed by atoms with van der Waals surface area (Å²) in [4.78, 5) is 4.46. The molecule has 0 radical (unpaired) electrons. The van der Waals surface area contributed by atoms with Crippen molar-refractivity contribution in [2.24, 2.45) is 0 Å². The molecule has 2 rings (SSSR count). The van der Waals surface area contributed by atoms with E-state index in [9.17, 15) is 0 Å². The van der Waals surface area contributed by atoms with Crippen LogP contribution in [0.25, 0.3) is 0 Å². The van der Waals surface area contributed by atoms with Crippen LogP contribution in [0.4, 0.5) is 0 Å². The third-order valence-corrected chi connectivity index (χ3v) is 3.16. The Morgan fingerprint density at radius 3 is 2.84 bits per heavy atom. The lowest BCUT2D eigenvalue weighted by molar-refractivity contribution is 0.400. The fraction of sp³-hybridized carbons (Fsp3) is 0.429. The first-order valence-corrected chi connectivity index (χ1v) is 6.40. The van der Waals surface area contributed by atoms with Crippen LogP contribution in [0.1, 0.15) is 29.9 Å². The van der Waals surface area contributed by atoms with Gasteiger partial charge in [0.05, 0.1) is 25.0 Å². The quantitative estimate of drug-likeness (QED) is 0.892. The van der Waals surface area contributed by atoms with Crippen molar-refractivity contribution in [3.05, 3.63) is 41.5 Å². The fourth-order valence-electron chi connectivity index (χ4n) is 2.22. The smallest absolute Gasteiger partial charge is 0.161 e. The SMILES string of the molecule is CCn1ncc(OC)c1C(NC)c1cc(C)ccn1. The van der Waals surface area contributed by atoms with Crippen LogP contribution in [-0.4, -0.2) is 28.9 Å². The van der Waals surface area contributed by atoms with Crippen molar-refractivity contribution >= 4 is 0 Å². The molecule has 0 fully saturated rings. The molecule has 5 heteroatoms. The summed E-state index contributed by atoms with van der Waals surface area (Å²) in [6, 6.07) is 4.04. The monoisotopic (exact) mass is 260 g/mol. The molecule has 0 saturated heterocycles. The predicted molar refractivity (Wildman–Crippen MR) is 74.3 cm³/mol. The van der Waals surface area contributed by atoms with E-state index in [2.05, 4.69) is 35.3 Å². The third kappa shape index (κ3) is 2.61. The van der Waals surface area contributed by atoms with Crippen LogP contribution < -0.4 is 10.1 Å². The van der Waals surface area contributed by atoms with E-state index in [-0.39, 0.29) is 6.04 Å². The van der Waals surface area contributed by atoms with Gasteiger partial charge in [0.25, 0.3) is 0 Å². The van der Waals surface area contributed by atoms with Gasteiger partial charge >= 0.3 is 0 Å². The predicted octanol–water partition coefficient (Wildman–Crippen LogP) is 1.92. The van der Waals surface area contributed by atoms with Gasteiger partial charge in [0.15, 0.2) is 5.75 Å². The average molecular weight is 260 g/mol. The zero-order valence-electron chi connectivity index (χ0n) is 11.8. The van der Waals surface area contributed by atoms with Gasteiger partial charge in [0, 0.05) is 12.7 Å². The lowest BCUT2D eigenvalue weighted by Gasteiger charge is -2.18. The first-order chi connectivity index (χ1) is 9.21. The number of rotatable bonds is 5. The summed E-state index contributed by atoms with van der Waals surface area (Å²) < 4.78 is 7.35. The van der Waals surface area contributed by atoms with E-state index in [1.54, 1.807) is 13.3 Å². The molecule has 0 amide bonds. The van der Waals surface area contributed by atoms with Crippen molar-refractivity contribution in [2.75, 3.05) is 14.2 Å². The normalized spacial score (nSPS) is 12.4. The summed E-state index contributed by atoms with van der Waals surface area (Å²) in [5.41, 5.74) is 3.16. The molecule has 0 aliphatic carbocycles. The van der Waals surface area contributed by atoms with Gasteiger partial charge in [-0.2, -0.15) is 5.10 Å². The molecule has 0 spiro atoms. The molecule has 2 aromatic rings. The number of aryl methyl sites for hydroxylation is 2. The summed E-state index contributed by atoms with van der Waals surface area (Å²) in [6.07, 6.45) is 3.58. The Balaban J connectivity index is 2.50. The second kappa shape index (κ2) is 5.84. The second-order valence-corrected chi connectivity index (χ2v) is 4.39. The maximum absolute atomic E-state index is 5.41. The summed E-state index contributed by atoms with van der Waals surface area (Å²) in [6.45, 7) is 4.92. The molecule has 1 unspecified atom stereocenters. The van der Waals surface area contributed by atoms with Crippen LogP contribution in [0, 0.1) is 6.92 Å². The van der Waals surface area contributed by atoms with Crippen LogP contribution in [0.5, 0.6) is 5.75 Å². The highest BCUT2D eigenvalue weighted by Gasteiger charge is 2.22. The van der Waals surface area contributed by atoms with E-state index in [1.165, 1.54) is 5.56 Å². The summed E-state index contributed by atoms with van der Waals surface area (Å²) in [7, 11) is 3.58. The number of aromatic nitrogens is 3. The lowest BCUT2D eigenvalue weighted by Crippen LogP contribution is -2.23. The molecule has 0 aliphatic rings. The van der Waals surface area contributed by atoms with Crippen molar-refractivity contribution in [3.63, 3.8) is 0 Å². The number of ether oxygens (including phenoxy) is 1. The summed E-state index contributed by atoms with van der Waals surface area (Å²) in [5.74, 6) is 0.782. The number of hydrogen-bond acceptors (Lipinski definition) is 4. The molecule has 102 valence electrons. The first-order valence-electron chi connectivity index (χ1n) is 6.40. The van der Waals surface area contributed by atoms with E-state index in [0.717, 1.165) is 23.7 Å². The van der Waals surface area contributed by atoms with E-state index >= 15 is 0 Å². The van der Waals surface area contributed by atoms with Crippen molar-refractivity contribution in [3.8, 4) is 5.75 Å². The highest BCUT2D eigenvalue weighted by Crippen LogP contribution is 2.29. The molecular formula is C14H20N4O. The molecule has 2 heterocycles. The highest BCUT2D eigenvalue weighted by molar-refractivity contribution is 5.34. The van der Waals surface area contributed by atoms with E-state index in [4.69, 9.17) is 4.74 Å². The molecule has 2 aromatic heterocycles. The minimum absolute atomic E-state index is 0.0303. The van der Waals surface area contributed by atoms with Crippen LogP contribution in [-0.2, 0) is 6.54 Å². The Morgan fingerprint density at radius 1 is 1.47 bits per heavy atom. The molecule has 0 saturated carbocycles. The molecule has 0 aliphatic heterocycles. The van der Waals surface area contributed by atoms with E-state index in [1.807, 2.05) is 24.0 Å². The minimum Gasteiger partial charge on any atom is -0.493 e. The number of methoxy groups -OCH3 is 1. The van der Waals surface area contributed by atoms with Crippen molar-refractivity contribution < 1.29 is 4.74 Å². The van der Waals surface area contributed by atoms with Crippen molar-refractivity contribution in [1.29, 1.82) is 0 Å². The molecule has 19 heavy (non-hydrogen) atoms. The number of nitrogens with zero attached hydrogens (tertiary/aromatic N) is 3. The van der Waals surface area contributed by atoms with Gasteiger partial charge in [-0.25, -0.2) is 0 Å². The summed E-state index contributed by atoms with van der Waals surface area (Å²) >= 11 is 0. The zero-order valence-corrected chi connectivity index (χ0v) is 11.8. The average Bonchev–Trinajstić information content (AvgIpc) is 2.83. The van der Waals surface area contributed by atoms with Crippen molar-refractivity contribution in [2.45, 2.75) is 26.4 Å². The summed E-state index contributed by atoms with van der Waals surface area (Å²) in [5, 5.41) is 7.64. The third-order valence-electron chi connectivity index (χ3n) is 3.16. The second-order valence-electron chi connectivity index (χ2n) is 4.39. The van der Waals surface area contributed by atoms with Gasteiger partial charge in [0.1, 0.15) is 5.69 Å². The van der Waals surface area contributed by atoms with E-state index < -0.39 is 0 Å². The van der Waals surface area contributed by atoms with Crippen molar-refractivity contribution in [1.82, 2.24) is 20.1 Å². The molecule has 0 bridgehead atoms. The molecule has 1 atom stereocenters. The topological polar surface area (TPSA) is 52.0 Å². The highest BCUT2D eigenvalue weighted by atomic mass is 16.5. The Hall–Kier alpha value is -1.88.